The van der Waals surface area contributed by atoms with E-state index < -0.39 is 5.82 Å². The second-order valence-electron chi connectivity index (χ2n) is 7.62. The second-order valence-corrected chi connectivity index (χ2v) is 7.98. The number of aromatic nitrogens is 2. The first-order valence-electron chi connectivity index (χ1n) is 9.94. The van der Waals surface area contributed by atoms with Crippen molar-refractivity contribution < 1.29 is 18.3 Å². The molecular weight excluding hydrogens is 428 g/mol. The first kappa shape index (κ1) is 19.8. The molecule has 0 unspecified atom stereocenters. The molecular formula is C22H18ClF2N3O3. The number of benzene rings is 2. The van der Waals surface area contributed by atoms with E-state index in [-0.39, 0.29) is 52.5 Å². The van der Waals surface area contributed by atoms with Gasteiger partial charge in [0.2, 0.25) is 0 Å². The average Bonchev–Trinajstić information content (AvgIpc) is 3.02. The summed E-state index contributed by atoms with van der Waals surface area (Å²) < 4.78 is 36.9. The lowest BCUT2D eigenvalue weighted by Gasteiger charge is -2.30. The predicted molar refractivity (Wildman–Crippen MR) is 111 cm³/mol. The van der Waals surface area contributed by atoms with Crippen LogP contribution in [0, 0.1) is 11.6 Å². The second kappa shape index (κ2) is 7.53. The van der Waals surface area contributed by atoms with Crippen molar-refractivity contribution in [3.8, 4) is 16.9 Å². The van der Waals surface area contributed by atoms with Crippen molar-refractivity contribution in [1.29, 1.82) is 0 Å². The van der Waals surface area contributed by atoms with Gasteiger partial charge in [0.25, 0.3) is 11.5 Å². The number of halogens is 3. The van der Waals surface area contributed by atoms with E-state index in [0.29, 0.717) is 24.3 Å². The standard InChI is InChI=1S/C22H18ClF2N3O3/c23-21-20(22(30)28-8-2-1-7-27(21)28)15-9-17-18(10-16(15)25)31-12-19(29)26(17)11-13-3-5-14(24)6-4-13/h3-6,9-10H,1-2,7-8,11-12H2. The maximum atomic E-state index is 15.0. The summed E-state index contributed by atoms with van der Waals surface area (Å²) in [5.41, 5.74) is 0.762. The van der Waals surface area contributed by atoms with Crippen molar-refractivity contribution in [2.75, 3.05) is 11.5 Å². The molecule has 31 heavy (non-hydrogen) atoms. The Morgan fingerprint density at radius 2 is 1.71 bits per heavy atom. The van der Waals surface area contributed by atoms with Crippen molar-refractivity contribution in [3.05, 3.63) is 69.1 Å². The molecule has 0 N–H and O–H groups in total. The van der Waals surface area contributed by atoms with Crippen LogP contribution in [0.15, 0.2) is 41.2 Å². The highest BCUT2D eigenvalue weighted by Crippen LogP contribution is 2.40. The van der Waals surface area contributed by atoms with Crippen LogP contribution >= 0.6 is 11.6 Å². The topological polar surface area (TPSA) is 56.5 Å². The van der Waals surface area contributed by atoms with Crippen LogP contribution in [0.4, 0.5) is 14.5 Å². The Balaban J connectivity index is 1.62. The van der Waals surface area contributed by atoms with Crippen LogP contribution in [0.25, 0.3) is 11.1 Å². The quantitative estimate of drug-likeness (QED) is 0.613. The lowest BCUT2D eigenvalue weighted by atomic mass is 10.0. The van der Waals surface area contributed by atoms with Gasteiger partial charge in [0, 0.05) is 24.7 Å². The molecule has 3 aromatic rings. The largest absolute Gasteiger partial charge is 0.481 e. The number of rotatable bonds is 3. The zero-order valence-corrected chi connectivity index (χ0v) is 17.2. The van der Waals surface area contributed by atoms with E-state index in [1.807, 2.05) is 0 Å². The number of carbonyl (C=O) groups excluding carboxylic acids is 1. The van der Waals surface area contributed by atoms with Gasteiger partial charge in [-0.2, -0.15) is 0 Å². The van der Waals surface area contributed by atoms with Gasteiger partial charge in [0.15, 0.2) is 6.61 Å². The van der Waals surface area contributed by atoms with E-state index in [2.05, 4.69) is 0 Å². The van der Waals surface area contributed by atoms with Gasteiger partial charge in [-0.05, 0) is 36.6 Å². The van der Waals surface area contributed by atoms with E-state index in [4.69, 9.17) is 16.3 Å². The number of hydrogen-bond donors (Lipinski definition) is 0. The maximum absolute atomic E-state index is 15.0. The van der Waals surface area contributed by atoms with Crippen LogP contribution in [-0.4, -0.2) is 21.9 Å². The minimum absolute atomic E-state index is 0.0190. The minimum atomic E-state index is -0.655. The Hall–Kier alpha value is -3.13. The molecule has 2 aliphatic rings. The fourth-order valence-electron chi connectivity index (χ4n) is 4.11. The van der Waals surface area contributed by atoms with Crippen molar-refractivity contribution in [1.82, 2.24) is 9.36 Å². The molecule has 0 aliphatic carbocycles. The zero-order valence-electron chi connectivity index (χ0n) is 16.4. The predicted octanol–water partition coefficient (Wildman–Crippen LogP) is 3.97. The number of carbonyl (C=O) groups is 1. The molecule has 6 nitrogen and oxygen atoms in total. The van der Waals surface area contributed by atoms with Crippen LogP contribution in [0.3, 0.4) is 0 Å². The molecule has 3 heterocycles. The molecule has 0 bridgehead atoms. The molecule has 2 aromatic carbocycles. The molecule has 9 heteroatoms. The minimum Gasteiger partial charge on any atom is -0.481 e. The van der Waals surface area contributed by atoms with Crippen LogP contribution in [-0.2, 0) is 24.4 Å². The van der Waals surface area contributed by atoms with Gasteiger partial charge < -0.3 is 9.64 Å². The molecule has 0 saturated carbocycles. The smallest absolute Gasteiger partial charge is 0.276 e. The lowest BCUT2D eigenvalue weighted by Crippen LogP contribution is -2.38. The SMILES string of the molecule is O=C1COc2cc(F)c(-c3c(Cl)n4n(c3=O)CCCC4)cc2N1Cc1ccc(F)cc1. The summed E-state index contributed by atoms with van der Waals surface area (Å²) in [5.74, 6) is -1.16. The Bertz CT molecular complexity index is 1250. The molecule has 0 atom stereocenters. The number of hydrogen-bond acceptors (Lipinski definition) is 3. The molecule has 0 fully saturated rings. The van der Waals surface area contributed by atoms with Crippen molar-refractivity contribution >= 4 is 23.2 Å². The molecule has 0 saturated heterocycles. The summed E-state index contributed by atoms with van der Waals surface area (Å²) in [6, 6.07) is 8.38. The third-order valence-electron chi connectivity index (χ3n) is 5.68. The highest BCUT2D eigenvalue weighted by atomic mass is 35.5. The first-order chi connectivity index (χ1) is 14.9. The Morgan fingerprint density at radius 3 is 2.42 bits per heavy atom. The summed E-state index contributed by atoms with van der Waals surface area (Å²) >= 11 is 6.48. The number of amides is 1. The summed E-state index contributed by atoms with van der Waals surface area (Å²) in [6.45, 7) is 1.01. The Labute approximate surface area is 181 Å². The fraction of sp³-hybridized carbons (Fsp3) is 0.273. The van der Waals surface area contributed by atoms with Gasteiger partial charge in [-0.3, -0.25) is 14.3 Å². The van der Waals surface area contributed by atoms with E-state index in [1.165, 1.54) is 33.8 Å². The van der Waals surface area contributed by atoms with E-state index in [0.717, 1.165) is 12.8 Å². The van der Waals surface area contributed by atoms with Crippen LogP contribution < -0.4 is 15.2 Å². The molecule has 0 spiro atoms. The third-order valence-corrected chi connectivity index (χ3v) is 6.06. The summed E-state index contributed by atoms with van der Waals surface area (Å²) in [6.07, 6.45) is 1.73. The van der Waals surface area contributed by atoms with Crippen LogP contribution in [0.5, 0.6) is 5.75 Å². The molecule has 160 valence electrons. The van der Waals surface area contributed by atoms with Crippen molar-refractivity contribution in [2.24, 2.45) is 0 Å². The van der Waals surface area contributed by atoms with Gasteiger partial charge in [0.05, 0.1) is 17.8 Å². The van der Waals surface area contributed by atoms with Crippen LogP contribution in [0.2, 0.25) is 5.15 Å². The van der Waals surface area contributed by atoms with Gasteiger partial charge in [-0.25, -0.2) is 13.5 Å². The Kier molecular flexibility index (Phi) is 4.81. The number of nitrogens with zero attached hydrogens (tertiary/aromatic N) is 3. The average molecular weight is 446 g/mol. The number of fused-ring (bicyclic) bond motifs is 2. The van der Waals surface area contributed by atoms with Gasteiger partial charge in [-0.1, -0.05) is 23.7 Å². The van der Waals surface area contributed by atoms with E-state index in [9.17, 15) is 14.0 Å². The summed E-state index contributed by atoms with van der Waals surface area (Å²) in [7, 11) is 0. The summed E-state index contributed by atoms with van der Waals surface area (Å²) in [5, 5.41) is 0.177. The van der Waals surface area contributed by atoms with Gasteiger partial charge in [-0.15, -0.1) is 0 Å². The normalized spacial score (nSPS) is 15.5. The number of anilines is 1. The Morgan fingerprint density at radius 1 is 1.00 bits per heavy atom. The van der Waals surface area contributed by atoms with E-state index in [1.54, 1.807) is 16.8 Å². The summed E-state index contributed by atoms with van der Waals surface area (Å²) in [4.78, 5) is 27.0. The zero-order chi connectivity index (χ0) is 21.7. The lowest BCUT2D eigenvalue weighted by molar-refractivity contribution is -0.121. The van der Waals surface area contributed by atoms with Gasteiger partial charge >= 0.3 is 0 Å². The molecule has 2 aliphatic heterocycles. The van der Waals surface area contributed by atoms with E-state index >= 15 is 4.39 Å². The van der Waals surface area contributed by atoms with Crippen molar-refractivity contribution in [3.63, 3.8) is 0 Å². The third kappa shape index (κ3) is 3.31. The van der Waals surface area contributed by atoms with Crippen molar-refractivity contribution in [2.45, 2.75) is 32.5 Å². The monoisotopic (exact) mass is 445 g/mol. The highest BCUT2D eigenvalue weighted by molar-refractivity contribution is 6.32. The molecule has 1 aromatic heterocycles. The van der Waals surface area contributed by atoms with Crippen LogP contribution in [0.1, 0.15) is 18.4 Å². The van der Waals surface area contributed by atoms with Gasteiger partial charge in [0.1, 0.15) is 22.5 Å². The molecule has 5 rings (SSSR count). The first-order valence-corrected chi connectivity index (χ1v) is 10.3. The number of ether oxygens (including phenoxy) is 1. The molecule has 1 amide bonds. The highest BCUT2D eigenvalue weighted by Gasteiger charge is 2.30. The fourth-order valence-corrected chi connectivity index (χ4v) is 4.47. The molecule has 0 radical (unpaired) electrons. The maximum Gasteiger partial charge on any atom is 0.276 e.